The number of hydrogen-bond donors (Lipinski definition) is 2. The van der Waals surface area contributed by atoms with Gasteiger partial charge in [0.2, 0.25) is 0 Å². The van der Waals surface area contributed by atoms with Gasteiger partial charge in [0, 0.05) is 0 Å². The molecule has 0 amide bonds. The van der Waals surface area contributed by atoms with Crippen LogP contribution in [0.1, 0.15) is 35.5 Å². The number of hydrogen-bond acceptors (Lipinski definition) is 3. The van der Waals surface area contributed by atoms with Crippen molar-refractivity contribution in [3.8, 4) is 5.69 Å². The summed E-state index contributed by atoms with van der Waals surface area (Å²) in [6.07, 6.45) is 1.44. The summed E-state index contributed by atoms with van der Waals surface area (Å²) in [7, 11) is 0. The highest BCUT2D eigenvalue weighted by molar-refractivity contribution is 5.94. The first kappa shape index (κ1) is 13.1. The number of nitrogens with zero attached hydrogens (tertiary/aromatic N) is 2. The Morgan fingerprint density at radius 3 is 2.63 bits per heavy atom. The van der Waals surface area contributed by atoms with E-state index in [1.165, 1.54) is 4.68 Å². The molecule has 5 heteroatoms. The lowest BCUT2D eigenvalue weighted by Gasteiger charge is -2.05. The van der Waals surface area contributed by atoms with Crippen LogP contribution >= 0.6 is 0 Å². The van der Waals surface area contributed by atoms with Crippen LogP contribution in [0.2, 0.25) is 0 Å². The molecular formula is C14H17N3O2. The third-order valence-electron chi connectivity index (χ3n) is 3.11. The Balaban J connectivity index is 2.59. The lowest BCUT2D eigenvalue weighted by Crippen LogP contribution is -2.06. The van der Waals surface area contributed by atoms with E-state index in [-0.39, 0.29) is 11.4 Å². The van der Waals surface area contributed by atoms with Gasteiger partial charge in [0.25, 0.3) is 0 Å². The first-order valence-corrected chi connectivity index (χ1v) is 6.28. The van der Waals surface area contributed by atoms with Crippen molar-refractivity contribution in [3.05, 3.63) is 41.1 Å². The average Bonchev–Trinajstić information content (AvgIpc) is 2.75. The van der Waals surface area contributed by atoms with Crippen LogP contribution in [0.15, 0.2) is 24.3 Å². The number of aryl methyl sites for hydroxylation is 2. The molecule has 0 aliphatic heterocycles. The smallest absolute Gasteiger partial charge is 0.341 e. The summed E-state index contributed by atoms with van der Waals surface area (Å²) in [5.74, 6) is -0.857. The predicted molar refractivity (Wildman–Crippen MR) is 73.7 cm³/mol. The van der Waals surface area contributed by atoms with Gasteiger partial charge in [0.15, 0.2) is 0 Å². The van der Waals surface area contributed by atoms with E-state index in [1.54, 1.807) is 0 Å². The van der Waals surface area contributed by atoms with E-state index in [4.69, 9.17) is 5.73 Å². The maximum Gasteiger partial charge on any atom is 0.341 e. The third kappa shape index (κ3) is 2.31. The molecule has 0 aliphatic carbocycles. The number of carboxylic acids is 1. The van der Waals surface area contributed by atoms with Crippen molar-refractivity contribution in [1.82, 2.24) is 9.78 Å². The molecule has 1 heterocycles. The number of nitrogen functional groups attached to an aromatic ring is 1. The fraction of sp³-hybridized carbons (Fsp3) is 0.286. The lowest BCUT2D eigenvalue weighted by molar-refractivity contribution is 0.0697. The number of aromatic carboxylic acids is 1. The van der Waals surface area contributed by atoms with E-state index in [1.807, 2.05) is 31.2 Å². The van der Waals surface area contributed by atoms with Crippen LogP contribution in [0, 0.1) is 0 Å². The molecular weight excluding hydrogens is 242 g/mol. The highest BCUT2D eigenvalue weighted by atomic mass is 16.4. The molecule has 2 rings (SSSR count). The van der Waals surface area contributed by atoms with Crippen LogP contribution in [0.25, 0.3) is 5.69 Å². The van der Waals surface area contributed by atoms with Gasteiger partial charge in [-0.05, 0) is 30.5 Å². The van der Waals surface area contributed by atoms with Crippen molar-refractivity contribution >= 4 is 11.8 Å². The van der Waals surface area contributed by atoms with Crippen molar-refractivity contribution in [1.29, 1.82) is 0 Å². The predicted octanol–water partition coefficient (Wildman–Crippen LogP) is 2.28. The molecule has 2 aromatic rings. The molecule has 1 aromatic heterocycles. The number of nitrogens with two attached hydrogens (primary N) is 1. The summed E-state index contributed by atoms with van der Waals surface area (Å²) in [6.45, 7) is 3.92. The van der Waals surface area contributed by atoms with E-state index in [2.05, 4.69) is 12.0 Å². The zero-order valence-corrected chi connectivity index (χ0v) is 11.1. The molecule has 5 nitrogen and oxygen atoms in total. The number of anilines is 1. The van der Waals surface area contributed by atoms with Gasteiger partial charge in [0.1, 0.15) is 11.4 Å². The van der Waals surface area contributed by atoms with Crippen molar-refractivity contribution in [2.24, 2.45) is 0 Å². The minimum atomic E-state index is -1.03. The SMILES string of the molecule is CCc1cccc(-n2nc(CC)c(C(=O)O)c2N)c1. The van der Waals surface area contributed by atoms with Crippen molar-refractivity contribution in [2.45, 2.75) is 26.7 Å². The molecule has 3 N–H and O–H groups in total. The van der Waals surface area contributed by atoms with Crippen molar-refractivity contribution < 1.29 is 9.90 Å². The molecule has 100 valence electrons. The number of carboxylic acid groups (broad SMARTS) is 1. The first-order chi connectivity index (χ1) is 9.08. The van der Waals surface area contributed by atoms with E-state index in [9.17, 15) is 9.90 Å². The molecule has 0 radical (unpaired) electrons. The van der Waals surface area contributed by atoms with Crippen LogP contribution in [0.3, 0.4) is 0 Å². The highest BCUT2D eigenvalue weighted by Gasteiger charge is 2.21. The van der Waals surface area contributed by atoms with Crippen LogP contribution in [-0.2, 0) is 12.8 Å². The molecule has 0 fully saturated rings. The molecule has 0 spiro atoms. The van der Waals surface area contributed by atoms with E-state index in [0.29, 0.717) is 12.1 Å². The second kappa shape index (κ2) is 5.14. The molecule has 0 bridgehead atoms. The Hall–Kier alpha value is -2.30. The number of aromatic nitrogens is 2. The molecule has 1 aromatic carbocycles. The first-order valence-electron chi connectivity index (χ1n) is 6.28. The van der Waals surface area contributed by atoms with Crippen LogP contribution < -0.4 is 5.73 Å². The lowest BCUT2D eigenvalue weighted by atomic mass is 10.1. The fourth-order valence-electron chi connectivity index (χ4n) is 2.06. The van der Waals surface area contributed by atoms with E-state index in [0.717, 1.165) is 17.7 Å². The summed E-state index contributed by atoms with van der Waals surface area (Å²) in [5.41, 5.74) is 8.48. The third-order valence-corrected chi connectivity index (χ3v) is 3.11. The topological polar surface area (TPSA) is 81.1 Å². The van der Waals surface area contributed by atoms with E-state index >= 15 is 0 Å². The van der Waals surface area contributed by atoms with Crippen LogP contribution in [-0.4, -0.2) is 20.9 Å². The van der Waals surface area contributed by atoms with Gasteiger partial charge < -0.3 is 10.8 Å². The van der Waals surface area contributed by atoms with Crippen LogP contribution in [0.4, 0.5) is 5.82 Å². The zero-order valence-electron chi connectivity index (χ0n) is 11.1. The molecule has 19 heavy (non-hydrogen) atoms. The Morgan fingerprint density at radius 2 is 2.11 bits per heavy atom. The van der Waals surface area contributed by atoms with Gasteiger partial charge in [-0.15, -0.1) is 0 Å². The summed E-state index contributed by atoms with van der Waals surface area (Å²) in [5, 5.41) is 13.5. The molecule has 0 saturated carbocycles. The standard InChI is InChI=1S/C14H17N3O2/c1-3-9-6-5-7-10(8-9)17-13(15)12(14(18)19)11(4-2)16-17/h5-8H,3-4,15H2,1-2H3,(H,18,19). The van der Waals surface area contributed by atoms with Gasteiger partial charge >= 0.3 is 5.97 Å². The second-order valence-corrected chi connectivity index (χ2v) is 4.30. The van der Waals surface area contributed by atoms with Gasteiger partial charge in [-0.2, -0.15) is 5.10 Å². The van der Waals surface area contributed by atoms with Crippen molar-refractivity contribution in [2.75, 3.05) is 5.73 Å². The van der Waals surface area contributed by atoms with Gasteiger partial charge in [-0.25, -0.2) is 9.48 Å². The highest BCUT2D eigenvalue weighted by Crippen LogP contribution is 2.22. The largest absolute Gasteiger partial charge is 0.477 e. The zero-order chi connectivity index (χ0) is 14.0. The summed E-state index contributed by atoms with van der Waals surface area (Å²) in [6, 6.07) is 7.77. The fourth-order valence-corrected chi connectivity index (χ4v) is 2.06. The summed E-state index contributed by atoms with van der Waals surface area (Å²) in [4.78, 5) is 11.2. The second-order valence-electron chi connectivity index (χ2n) is 4.30. The molecule has 0 unspecified atom stereocenters. The molecule has 0 atom stereocenters. The average molecular weight is 259 g/mol. The summed E-state index contributed by atoms with van der Waals surface area (Å²) >= 11 is 0. The monoisotopic (exact) mass is 259 g/mol. The van der Waals surface area contributed by atoms with Crippen LogP contribution in [0.5, 0.6) is 0 Å². The summed E-state index contributed by atoms with van der Waals surface area (Å²) < 4.78 is 1.50. The van der Waals surface area contributed by atoms with Gasteiger partial charge in [-0.1, -0.05) is 26.0 Å². The van der Waals surface area contributed by atoms with Gasteiger partial charge in [0.05, 0.1) is 11.4 Å². The number of benzene rings is 1. The Morgan fingerprint density at radius 1 is 1.37 bits per heavy atom. The minimum absolute atomic E-state index is 0.101. The maximum absolute atomic E-state index is 11.2. The Labute approximate surface area is 111 Å². The van der Waals surface area contributed by atoms with Crippen molar-refractivity contribution in [3.63, 3.8) is 0 Å². The van der Waals surface area contributed by atoms with E-state index < -0.39 is 5.97 Å². The number of carbonyl (C=O) groups is 1. The maximum atomic E-state index is 11.2. The van der Waals surface area contributed by atoms with Gasteiger partial charge in [-0.3, -0.25) is 0 Å². The molecule has 0 saturated heterocycles. The Bertz CT molecular complexity index is 617. The number of rotatable bonds is 4. The Kier molecular flexibility index (Phi) is 3.55. The quantitative estimate of drug-likeness (QED) is 0.882. The molecule has 0 aliphatic rings. The minimum Gasteiger partial charge on any atom is -0.477 e. The normalized spacial score (nSPS) is 10.6.